The van der Waals surface area contributed by atoms with Gasteiger partial charge in [0, 0.05) is 12.6 Å². The van der Waals surface area contributed by atoms with Crippen LogP contribution in [0.4, 0.5) is 4.39 Å². The van der Waals surface area contributed by atoms with Crippen LogP contribution in [0.3, 0.4) is 0 Å². The summed E-state index contributed by atoms with van der Waals surface area (Å²) in [5, 5.41) is 2.99. The fraction of sp³-hybridized carbons (Fsp3) is 0.417. The van der Waals surface area contributed by atoms with E-state index in [9.17, 15) is 14.0 Å². The van der Waals surface area contributed by atoms with Crippen molar-refractivity contribution in [2.75, 3.05) is 7.11 Å². The van der Waals surface area contributed by atoms with Crippen LogP contribution < -0.4 is 10.1 Å². The molecular weight excluding hydrogens is 383 g/mol. The normalized spacial score (nSPS) is 12.7. The lowest BCUT2D eigenvalue weighted by Crippen LogP contribution is -2.51. The number of halogens is 1. The van der Waals surface area contributed by atoms with Crippen LogP contribution in [0.25, 0.3) is 0 Å². The Kier molecular flexibility index (Phi) is 8.84. The number of benzene rings is 2. The number of rotatable bonds is 10. The minimum absolute atomic E-state index is 0.0254. The molecule has 2 aromatic rings. The van der Waals surface area contributed by atoms with E-state index in [0.717, 1.165) is 12.0 Å². The molecule has 0 unspecified atom stereocenters. The van der Waals surface area contributed by atoms with Gasteiger partial charge in [-0.2, -0.15) is 0 Å². The van der Waals surface area contributed by atoms with Crippen molar-refractivity contribution in [2.45, 2.75) is 58.7 Å². The summed E-state index contributed by atoms with van der Waals surface area (Å²) in [4.78, 5) is 27.8. The molecule has 1 N–H and O–H groups in total. The lowest BCUT2D eigenvalue weighted by Gasteiger charge is -2.31. The van der Waals surface area contributed by atoms with Gasteiger partial charge in [-0.05, 0) is 55.2 Å². The molecule has 6 heteroatoms. The van der Waals surface area contributed by atoms with Gasteiger partial charge in [0.2, 0.25) is 11.8 Å². The first-order valence-electron chi connectivity index (χ1n) is 10.3. The predicted octanol–water partition coefficient (Wildman–Crippen LogP) is 4.10. The number of nitrogens with one attached hydrogen (secondary N) is 1. The Morgan fingerprint density at radius 2 is 1.77 bits per heavy atom. The summed E-state index contributed by atoms with van der Waals surface area (Å²) in [6.07, 6.45) is 1.39. The van der Waals surface area contributed by atoms with Crippen LogP contribution in [0.2, 0.25) is 0 Å². The lowest BCUT2D eigenvalue weighted by atomic mass is 10.1. The van der Waals surface area contributed by atoms with Crippen molar-refractivity contribution in [2.24, 2.45) is 0 Å². The highest BCUT2D eigenvalue weighted by Crippen LogP contribution is 2.18. The summed E-state index contributed by atoms with van der Waals surface area (Å²) in [5.41, 5.74) is 1.57. The number of methoxy groups -OCH3 is 1. The van der Waals surface area contributed by atoms with E-state index in [1.54, 1.807) is 24.1 Å². The Balaban J connectivity index is 2.30. The number of hydrogen-bond acceptors (Lipinski definition) is 3. The van der Waals surface area contributed by atoms with Gasteiger partial charge in [-0.15, -0.1) is 0 Å². The maximum absolute atomic E-state index is 13.2. The van der Waals surface area contributed by atoms with Crippen molar-refractivity contribution in [3.05, 3.63) is 65.5 Å². The van der Waals surface area contributed by atoms with Crippen LogP contribution in [0.1, 0.15) is 44.7 Å². The molecule has 2 aromatic carbocycles. The van der Waals surface area contributed by atoms with Gasteiger partial charge in [0.1, 0.15) is 17.6 Å². The van der Waals surface area contributed by atoms with Crippen molar-refractivity contribution in [1.29, 1.82) is 0 Å². The van der Waals surface area contributed by atoms with E-state index < -0.39 is 6.04 Å². The molecule has 0 saturated carbocycles. The fourth-order valence-electron chi connectivity index (χ4n) is 3.21. The van der Waals surface area contributed by atoms with Crippen LogP contribution in [-0.4, -0.2) is 35.9 Å². The molecule has 162 valence electrons. The predicted molar refractivity (Wildman–Crippen MR) is 116 cm³/mol. The third-order valence-corrected chi connectivity index (χ3v) is 5.14. The van der Waals surface area contributed by atoms with Crippen molar-refractivity contribution < 1.29 is 18.7 Å². The maximum atomic E-state index is 13.2. The van der Waals surface area contributed by atoms with E-state index in [1.165, 1.54) is 12.1 Å². The van der Waals surface area contributed by atoms with Gasteiger partial charge in [0.25, 0.3) is 0 Å². The minimum atomic E-state index is -0.599. The molecule has 2 amide bonds. The number of nitrogens with zero attached hydrogens (tertiary/aromatic N) is 1. The number of carbonyl (C=O) groups excluding carboxylic acids is 2. The molecule has 5 nitrogen and oxygen atoms in total. The lowest BCUT2D eigenvalue weighted by molar-refractivity contribution is -0.141. The molecule has 0 aliphatic heterocycles. The van der Waals surface area contributed by atoms with Gasteiger partial charge in [-0.25, -0.2) is 4.39 Å². The monoisotopic (exact) mass is 414 g/mol. The molecule has 0 aliphatic rings. The van der Waals surface area contributed by atoms with Crippen molar-refractivity contribution >= 4 is 11.8 Å². The second-order valence-electron chi connectivity index (χ2n) is 7.42. The van der Waals surface area contributed by atoms with Crippen LogP contribution in [0, 0.1) is 5.82 Å². The molecule has 2 atom stereocenters. The Labute approximate surface area is 178 Å². The Bertz CT molecular complexity index is 839. The van der Waals surface area contributed by atoms with E-state index in [2.05, 4.69) is 5.32 Å². The fourth-order valence-corrected chi connectivity index (χ4v) is 3.21. The zero-order valence-electron chi connectivity index (χ0n) is 18.2. The Hall–Kier alpha value is -2.89. The molecule has 0 saturated heterocycles. The van der Waals surface area contributed by atoms with Gasteiger partial charge in [-0.1, -0.05) is 38.1 Å². The number of hydrogen-bond donors (Lipinski definition) is 1. The highest BCUT2D eigenvalue weighted by Gasteiger charge is 2.29. The Morgan fingerprint density at radius 3 is 2.37 bits per heavy atom. The van der Waals surface area contributed by atoms with Crippen molar-refractivity contribution in [3.8, 4) is 5.75 Å². The molecule has 30 heavy (non-hydrogen) atoms. The van der Waals surface area contributed by atoms with E-state index in [4.69, 9.17) is 4.74 Å². The molecule has 0 aromatic heterocycles. The average molecular weight is 415 g/mol. The topological polar surface area (TPSA) is 58.6 Å². The zero-order valence-corrected chi connectivity index (χ0v) is 18.2. The minimum Gasteiger partial charge on any atom is -0.497 e. The first-order valence-corrected chi connectivity index (χ1v) is 10.3. The summed E-state index contributed by atoms with van der Waals surface area (Å²) in [7, 11) is 1.59. The summed E-state index contributed by atoms with van der Waals surface area (Å²) in [6.45, 7) is 6.12. The molecule has 0 aliphatic carbocycles. The zero-order chi connectivity index (χ0) is 22.1. The van der Waals surface area contributed by atoms with Gasteiger partial charge in [0.15, 0.2) is 0 Å². The van der Waals surface area contributed by atoms with Crippen LogP contribution in [-0.2, 0) is 22.6 Å². The van der Waals surface area contributed by atoms with E-state index in [1.807, 2.05) is 45.0 Å². The first-order chi connectivity index (χ1) is 14.4. The van der Waals surface area contributed by atoms with E-state index in [0.29, 0.717) is 17.7 Å². The molecule has 0 heterocycles. The summed E-state index contributed by atoms with van der Waals surface area (Å²) >= 11 is 0. The van der Waals surface area contributed by atoms with E-state index >= 15 is 0 Å². The second-order valence-corrected chi connectivity index (χ2v) is 7.42. The SMILES string of the molecule is CC[C@H](C(=O)N[C@@H](C)CC)N(Cc1cccc(OC)c1)C(=O)Cc1ccc(F)cc1. The summed E-state index contributed by atoms with van der Waals surface area (Å²) in [5.74, 6) is -0.00729. The van der Waals surface area contributed by atoms with Crippen molar-refractivity contribution in [1.82, 2.24) is 10.2 Å². The smallest absolute Gasteiger partial charge is 0.243 e. The van der Waals surface area contributed by atoms with Crippen LogP contribution >= 0.6 is 0 Å². The van der Waals surface area contributed by atoms with Gasteiger partial charge >= 0.3 is 0 Å². The van der Waals surface area contributed by atoms with Crippen LogP contribution in [0.5, 0.6) is 5.75 Å². The van der Waals surface area contributed by atoms with Gasteiger partial charge in [0.05, 0.1) is 13.5 Å². The third kappa shape index (κ3) is 6.58. The quantitative estimate of drug-likeness (QED) is 0.637. The van der Waals surface area contributed by atoms with Crippen LogP contribution in [0.15, 0.2) is 48.5 Å². The van der Waals surface area contributed by atoms with Gasteiger partial charge in [-0.3, -0.25) is 9.59 Å². The highest BCUT2D eigenvalue weighted by molar-refractivity contribution is 5.88. The number of amides is 2. The standard InChI is InChI=1S/C24H31FN2O3/c1-5-17(3)26-24(29)22(6-2)27(16-19-8-7-9-21(14-19)30-4)23(28)15-18-10-12-20(25)13-11-18/h7-14,17,22H,5-6,15-16H2,1-4H3,(H,26,29)/t17-,22+/m0/s1. The summed E-state index contributed by atoms with van der Waals surface area (Å²) in [6, 6.07) is 12.7. The third-order valence-electron chi connectivity index (χ3n) is 5.14. The number of carbonyl (C=O) groups is 2. The molecule has 0 radical (unpaired) electrons. The molecule has 0 spiro atoms. The highest BCUT2D eigenvalue weighted by atomic mass is 19.1. The van der Waals surface area contributed by atoms with Gasteiger partial charge < -0.3 is 15.0 Å². The van der Waals surface area contributed by atoms with Crippen molar-refractivity contribution in [3.63, 3.8) is 0 Å². The summed E-state index contributed by atoms with van der Waals surface area (Å²) < 4.78 is 18.5. The van der Waals surface area contributed by atoms with E-state index in [-0.39, 0.29) is 36.6 Å². The average Bonchev–Trinajstić information content (AvgIpc) is 2.75. The first kappa shape index (κ1) is 23.4. The second kappa shape index (κ2) is 11.3. The number of ether oxygens (including phenoxy) is 1. The Morgan fingerprint density at radius 1 is 1.07 bits per heavy atom. The largest absolute Gasteiger partial charge is 0.497 e. The molecule has 0 bridgehead atoms. The molecular formula is C24H31FN2O3. The molecule has 2 rings (SSSR count). The molecule has 0 fully saturated rings. The maximum Gasteiger partial charge on any atom is 0.243 e.